The number of hydrogen-bond acceptors (Lipinski definition) is 3. The van der Waals surface area contributed by atoms with Gasteiger partial charge in [-0.15, -0.1) is 0 Å². The van der Waals surface area contributed by atoms with Gasteiger partial charge in [0.15, 0.2) is 6.61 Å². The highest BCUT2D eigenvalue weighted by atomic mass is 35.5. The van der Waals surface area contributed by atoms with Crippen molar-refractivity contribution in [3.05, 3.63) is 71.8 Å². The van der Waals surface area contributed by atoms with Gasteiger partial charge in [0, 0.05) is 5.02 Å². The topological polar surface area (TPSA) is 47.6 Å². The van der Waals surface area contributed by atoms with Crippen LogP contribution in [0.2, 0.25) is 5.02 Å². The molecule has 4 nitrogen and oxygen atoms in total. The third kappa shape index (κ3) is 5.13. The van der Waals surface area contributed by atoms with Gasteiger partial charge in [0.25, 0.3) is 5.91 Å². The standard InChI is InChI=1S/C20H18ClNO3/c21-17-6-9-18(10-7-17)25-14-20(23)22-11-12-24-19-8-5-15-3-1-2-4-16(15)13-19/h1-10,13H,11-12,14H2,(H,22,23). The number of fused-ring (bicyclic) bond motifs is 1. The minimum atomic E-state index is -0.197. The predicted octanol–water partition coefficient (Wildman–Crippen LogP) is 4.07. The maximum Gasteiger partial charge on any atom is 0.258 e. The summed E-state index contributed by atoms with van der Waals surface area (Å²) in [6.07, 6.45) is 0. The van der Waals surface area contributed by atoms with E-state index in [1.165, 1.54) is 5.39 Å². The highest BCUT2D eigenvalue weighted by Crippen LogP contribution is 2.20. The van der Waals surface area contributed by atoms with Gasteiger partial charge in [-0.05, 0) is 47.2 Å². The van der Waals surface area contributed by atoms with Crippen LogP contribution < -0.4 is 14.8 Å². The van der Waals surface area contributed by atoms with Crippen molar-refractivity contribution in [2.24, 2.45) is 0 Å². The van der Waals surface area contributed by atoms with Gasteiger partial charge in [0.2, 0.25) is 0 Å². The van der Waals surface area contributed by atoms with Crippen molar-refractivity contribution in [1.82, 2.24) is 5.32 Å². The third-order valence-corrected chi connectivity index (χ3v) is 3.85. The van der Waals surface area contributed by atoms with E-state index in [1.807, 2.05) is 36.4 Å². The van der Waals surface area contributed by atoms with Crippen LogP contribution in [0.15, 0.2) is 66.7 Å². The Morgan fingerprint density at radius 1 is 0.880 bits per heavy atom. The number of benzene rings is 3. The van der Waals surface area contributed by atoms with Crippen LogP contribution in [0.25, 0.3) is 10.8 Å². The van der Waals surface area contributed by atoms with Crippen LogP contribution in [0.1, 0.15) is 0 Å². The molecule has 1 N–H and O–H groups in total. The van der Waals surface area contributed by atoms with Gasteiger partial charge in [0.1, 0.15) is 18.1 Å². The van der Waals surface area contributed by atoms with E-state index in [2.05, 4.69) is 11.4 Å². The summed E-state index contributed by atoms with van der Waals surface area (Å²) in [5, 5.41) is 5.68. The zero-order valence-electron chi connectivity index (χ0n) is 13.6. The van der Waals surface area contributed by atoms with Gasteiger partial charge in [-0.2, -0.15) is 0 Å². The molecule has 5 heteroatoms. The molecule has 128 valence electrons. The number of nitrogens with one attached hydrogen (secondary N) is 1. The molecule has 0 heterocycles. The van der Waals surface area contributed by atoms with Gasteiger partial charge < -0.3 is 14.8 Å². The molecule has 0 spiro atoms. The maximum atomic E-state index is 11.8. The van der Waals surface area contributed by atoms with E-state index in [9.17, 15) is 4.79 Å². The summed E-state index contributed by atoms with van der Waals surface area (Å²) in [7, 11) is 0. The van der Waals surface area contributed by atoms with E-state index in [-0.39, 0.29) is 12.5 Å². The molecule has 0 saturated heterocycles. The van der Waals surface area contributed by atoms with Crippen molar-refractivity contribution >= 4 is 28.3 Å². The van der Waals surface area contributed by atoms with Gasteiger partial charge in [-0.3, -0.25) is 4.79 Å². The molecule has 0 saturated carbocycles. The molecule has 0 fully saturated rings. The van der Waals surface area contributed by atoms with Crippen molar-refractivity contribution in [3.8, 4) is 11.5 Å². The molecule has 25 heavy (non-hydrogen) atoms. The summed E-state index contributed by atoms with van der Waals surface area (Å²) < 4.78 is 11.0. The number of halogens is 1. The summed E-state index contributed by atoms with van der Waals surface area (Å²) in [5.74, 6) is 1.19. The number of carbonyl (C=O) groups is 1. The second kappa shape index (κ2) is 8.40. The number of carbonyl (C=O) groups excluding carboxylic acids is 1. The Morgan fingerprint density at radius 2 is 1.60 bits per heavy atom. The first-order chi connectivity index (χ1) is 12.2. The molecule has 0 aliphatic rings. The number of ether oxygens (including phenoxy) is 2. The Morgan fingerprint density at radius 3 is 2.40 bits per heavy atom. The lowest BCUT2D eigenvalue weighted by molar-refractivity contribution is -0.123. The molecule has 0 aliphatic carbocycles. The lowest BCUT2D eigenvalue weighted by Crippen LogP contribution is -2.32. The molecule has 3 aromatic rings. The molecule has 3 rings (SSSR count). The Hall–Kier alpha value is -2.72. The lowest BCUT2D eigenvalue weighted by atomic mass is 10.1. The molecular weight excluding hydrogens is 338 g/mol. The molecule has 0 unspecified atom stereocenters. The Kier molecular flexibility index (Phi) is 5.75. The highest BCUT2D eigenvalue weighted by molar-refractivity contribution is 6.30. The summed E-state index contributed by atoms with van der Waals surface area (Å²) in [6.45, 7) is 0.762. The average molecular weight is 356 g/mol. The molecule has 0 aliphatic heterocycles. The summed E-state index contributed by atoms with van der Waals surface area (Å²) in [4.78, 5) is 11.8. The number of rotatable bonds is 7. The quantitative estimate of drug-likeness (QED) is 0.650. The predicted molar refractivity (Wildman–Crippen MR) is 99.4 cm³/mol. The van der Waals surface area contributed by atoms with Gasteiger partial charge >= 0.3 is 0 Å². The molecule has 1 amide bonds. The van der Waals surface area contributed by atoms with E-state index in [1.54, 1.807) is 24.3 Å². The van der Waals surface area contributed by atoms with E-state index in [0.717, 1.165) is 11.1 Å². The van der Waals surface area contributed by atoms with E-state index in [0.29, 0.717) is 23.9 Å². The fraction of sp³-hybridized carbons (Fsp3) is 0.150. The summed E-state index contributed by atoms with van der Waals surface area (Å²) in [5.41, 5.74) is 0. The first-order valence-corrected chi connectivity index (χ1v) is 8.35. The minimum absolute atomic E-state index is 0.0440. The van der Waals surface area contributed by atoms with Gasteiger partial charge in [-0.1, -0.05) is 41.9 Å². The average Bonchev–Trinajstić information content (AvgIpc) is 2.64. The second-order valence-corrected chi connectivity index (χ2v) is 5.89. The van der Waals surface area contributed by atoms with Crippen LogP contribution >= 0.6 is 11.6 Å². The van der Waals surface area contributed by atoms with Crippen molar-refractivity contribution < 1.29 is 14.3 Å². The smallest absolute Gasteiger partial charge is 0.258 e. The van der Waals surface area contributed by atoms with Crippen LogP contribution in [-0.2, 0) is 4.79 Å². The second-order valence-electron chi connectivity index (χ2n) is 5.45. The van der Waals surface area contributed by atoms with Crippen molar-refractivity contribution in [2.75, 3.05) is 19.8 Å². The monoisotopic (exact) mass is 355 g/mol. The Labute approximate surface area is 151 Å². The largest absolute Gasteiger partial charge is 0.492 e. The first-order valence-electron chi connectivity index (χ1n) is 7.97. The fourth-order valence-corrected chi connectivity index (χ4v) is 2.47. The zero-order valence-corrected chi connectivity index (χ0v) is 14.3. The van der Waals surface area contributed by atoms with E-state index >= 15 is 0 Å². The minimum Gasteiger partial charge on any atom is -0.492 e. The van der Waals surface area contributed by atoms with Crippen molar-refractivity contribution in [2.45, 2.75) is 0 Å². The summed E-state index contributed by atoms with van der Waals surface area (Å²) in [6, 6.07) is 20.9. The molecular formula is C20H18ClNO3. The zero-order chi connectivity index (χ0) is 17.5. The first kappa shape index (κ1) is 17.1. The van der Waals surface area contributed by atoms with Crippen molar-refractivity contribution in [3.63, 3.8) is 0 Å². The summed E-state index contributed by atoms with van der Waals surface area (Å²) >= 11 is 5.79. The van der Waals surface area contributed by atoms with Gasteiger partial charge in [0.05, 0.1) is 6.54 Å². The van der Waals surface area contributed by atoms with Crippen LogP contribution in [0.5, 0.6) is 11.5 Å². The number of hydrogen-bond donors (Lipinski definition) is 1. The highest BCUT2D eigenvalue weighted by Gasteiger charge is 2.03. The maximum absolute atomic E-state index is 11.8. The van der Waals surface area contributed by atoms with Crippen LogP contribution in [0.3, 0.4) is 0 Å². The molecule has 3 aromatic carbocycles. The Balaban J connectivity index is 1.38. The van der Waals surface area contributed by atoms with Crippen LogP contribution in [-0.4, -0.2) is 25.7 Å². The third-order valence-electron chi connectivity index (χ3n) is 3.60. The lowest BCUT2D eigenvalue weighted by Gasteiger charge is -2.09. The Bertz CT molecular complexity index is 849. The van der Waals surface area contributed by atoms with E-state index < -0.39 is 0 Å². The fourth-order valence-electron chi connectivity index (χ4n) is 2.35. The van der Waals surface area contributed by atoms with Gasteiger partial charge in [-0.25, -0.2) is 0 Å². The van der Waals surface area contributed by atoms with E-state index in [4.69, 9.17) is 21.1 Å². The molecule has 0 bridgehead atoms. The van der Waals surface area contributed by atoms with Crippen LogP contribution in [0, 0.1) is 0 Å². The number of amides is 1. The normalized spacial score (nSPS) is 10.4. The van der Waals surface area contributed by atoms with Crippen LogP contribution in [0.4, 0.5) is 0 Å². The molecule has 0 aromatic heterocycles. The molecule has 0 atom stereocenters. The van der Waals surface area contributed by atoms with Crippen molar-refractivity contribution in [1.29, 1.82) is 0 Å². The SMILES string of the molecule is O=C(COc1ccc(Cl)cc1)NCCOc1ccc2ccccc2c1. The molecule has 0 radical (unpaired) electrons.